The van der Waals surface area contributed by atoms with Gasteiger partial charge in [-0.15, -0.1) is 11.8 Å². The van der Waals surface area contributed by atoms with Crippen molar-refractivity contribution in [3.8, 4) is 5.75 Å². The van der Waals surface area contributed by atoms with Crippen molar-refractivity contribution in [3.63, 3.8) is 0 Å². The normalized spacial score (nSPS) is 18.5. The predicted molar refractivity (Wildman–Crippen MR) is 143 cm³/mol. The fraction of sp³-hybridized carbons (Fsp3) is 0.444. The van der Waals surface area contributed by atoms with Gasteiger partial charge in [0.1, 0.15) is 11.4 Å². The van der Waals surface area contributed by atoms with E-state index >= 15 is 0 Å². The number of aliphatic imine (C=N–C) groups is 1. The molecule has 2 heterocycles. The zero-order chi connectivity index (χ0) is 25.3. The lowest BCUT2D eigenvalue weighted by molar-refractivity contribution is -0.132. The van der Waals surface area contributed by atoms with Gasteiger partial charge in [-0.1, -0.05) is 29.4 Å². The predicted octanol–water partition coefficient (Wildman–Crippen LogP) is 5.58. The molecule has 0 bridgehead atoms. The third kappa shape index (κ3) is 7.57. The fourth-order valence-electron chi connectivity index (χ4n) is 4.13. The minimum Gasteiger partial charge on any atom is -0.494 e. The molecule has 1 spiro atoms. The maximum atomic E-state index is 11.0. The van der Waals surface area contributed by atoms with Crippen LogP contribution in [0.15, 0.2) is 63.3 Å². The Kier molecular flexibility index (Phi) is 9.74. The zero-order valence-electron chi connectivity index (χ0n) is 20.8. The summed E-state index contributed by atoms with van der Waals surface area (Å²) in [5.74, 6) is 0.854. The van der Waals surface area contributed by atoms with Gasteiger partial charge in [-0.05, 0) is 50.1 Å². The first-order valence-electron chi connectivity index (χ1n) is 11.9. The molecule has 0 radical (unpaired) electrons. The van der Waals surface area contributed by atoms with E-state index in [9.17, 15) is 4.79 Å². The van der Waals surface area contributed by atoms with Crippen molar-refractivity contribution in [2.75, 3.05) is 19.7 Å². The number of carbonyl (C=O) groups is 1. The number of oxime groups is 1. The van der Waals surface area contributed by atoms with Crippen molar-refractivity contribution in [2.24, 2.45) is 10.1 Å². The minimum atomic E-state index is -0.914. The van der Waals surface area contributed by atoms with Gasteiger partial charge in [-0.25, -0.2) is 4.79 Å². The Morgan fingerprint density at radius 2 is 2.11 bits per heavy atom. The van der Waals surface area contributed by atoms with Crippen molar-refractivity contribution in [1.82, 2.24) is 4.90 Å². The van der Waals surface area contributed by atoms with Crippen molar-refractivity contribution >= 4 is 30.2 Å². The summed E-state index contributed by atoms with van der Waals surface area (Å²) in [6.07, 6.45) is 7.70. The molecule has 0 aliphatic carbocycles. The second-order valence-corrected chi connectivity index (χ2v) is 9.82. The SMILES string of the molecule is C=N/C=C\SCc1ccc(CN2CCC3(CC2)CC(/C(C)=C/C=C(\C)C(=O)O)=NO3)cc1OCC. The van der Waals surface area contributed by atoms with E-state index < -0.39 is 5.97 Å². The number of allylic oxidation sites excluding steroid dienone is 3. The van der Waals surface area contributed by atoms with Crippen molar-refractivity contribution in [1.29, 1.82) is 0 Å². The highest BCUT2D eigenvalue weighted by Gasteiger charge is 2.42. The van der Waals surface area contributed by atoms with Crippen LogP contribution >= 0.6 is 11.8 Å². The Labute approximate surface area is 212 Å². The number of benzene rings is 1. The molecule has 2 aliphatic heterocycles. The summed E-state index contributed by atoms with van der Waals surface area (Å²) in [6, 6.07) is 6.50. The summed E-state index contributed by atoms with van der Waals surface area (Å²) in [6.45, 7) is 12.4. The third-order valence-corrected chi connectivity index (χ3v) is 7.11. The number of hydrogen-bond acceptors (Lipinski definition) is 7. The van der Waals surface area contributed by atoms with E-state index in [1.807, 2.05) is 25.3 Å². The molecular weight excluding hydrogens is 462 g/mol. The molecule has 2 aliphatic rings. The van der Waals surface area contributed by atoms with Crippen LogP contribution in [0.2, 0.25) is 0 Å². The lowest BCUT2D eigenvalue weighted by Crippen LogP contribution is -2.44. The first kappa shape index (κ1) is 26.8. The van der Waals surface area contributed by atoms with Crippen LogP contribution < -0.4 is 4.74 Å². The number of nitrogens with zero attached hydrogens (tertiary/aromatic N) is 3. The molecule has 0 unspecified atom stereocenters. The molecule has 3 rings (SSSR count). The average molecular weight is 498 g/mol. The van der Waals surface area contributed by atoms with Crippen molar-refractivity contribution in [3.05, 3.63) is 64.2 Å². The quantitative estimate of drug-likeness (QED) is 0.244. The van der Waals surface area contributed by atoms with Crippen LogP contribution in [0.3, 0.4) is 0 Å². The number of hydrogen-bond donors (Lipinski definition) is 1. The maximum absolute atomic E-state index is 11.0. The topological polar surface area (TPSA) is 83.7 Å². The lowest BCUT2D eigenvalue weighted by Gasteiger charge is -2.37. The summed E-state index contributed by atoms with van der Waals surface area (Å²) in [7, 11) is 0. The number of aliphatic carboxylic acids is 1. The van der Waals surface area contributed by atoms with Crippen LogP contribution in [0.1, 0.15) is 51.2 Å². The molecule has 8 heteroatoms. The van der Waals surface area contributed by atoms with Crippen LogP contribution in [-0.2, 0) is 21.9 Å². The monoisotopic (exact) mass is 497 g/mol. The van der Waals surface area contributed by atoms with Crippen LogP contribution in [-0.4, -0.2) is 53.7 Å². The summed E-state index contributed by atoms with van der Waals surface area (Å²) < 4.78 is 5.91. The first-order valence-corrected chi connectivity index (χ1v) is 12.9. The summed E-state index contributed by atoms with van der Waals surface area (Å²) >= 11 is 1.67. The molecule has 188 valence electrons. The number of carboxylic acid groups (broad SMARTS) is 1. The average Bonchev–Trinajstić information content (AvgIpc) is 3.26. The molecule has 1 N–H and O–H groups in total. The fourth-order valence-corrected chi connectivity index (χ4v) is 4.81. The first-order chi connectivity index (χ1) is 16.9. The minimum absolute atomic E-state index is 0.252. The van der Waals surface area contributed by atoms with E-state index in [1.165, 1.54) is 11.1 Å². The van der Waals surface area contributed by atoms with Crippen LogP contribution in [0.4, 0.5) is 0 Å². The largest absolute Gasteiger partial charge is 0.494 e. The molecule has 1 saturated heterocycles. The highest BCUT2D eigenvalue weighted by atomic mass is 32.2. The Morgan fingerprint density at radius 1 is 1.34 bits per heavy atom. The molecule has 1 aromatic rings. The number of carboxylic acids is 1. The Balaban J connectivity index is 1.55. The summed E-state index contributed by atoms with van der Waals surface area (Å²) in [4.78, 5) is 23.1. The highest BCUT2D eigenvalue weighted by molar-refractivity contribution is 8.01. The van der Waals surface area contributed by atoms with Gasteiger partial charge in [0.05, 0.1) is 12.3 Å². The molecule has 1 aromatic carbocycles. The van der Waals surface area contributed by atoms with E-state index in [-0.39, 0.29) is 5.60 Å². The standard InChI is InChI=1S/C27H35N3O4S/c1-5-33-25-16-22(8-9-23(25)19-35-15-12-28-4)18-30-13-10-27(11-14-30)17-24(29-34-27)20(2)6-7-21(3)26(31)32/h6-9,12,15-16H,4-5,10-11,13-14,17-19H2,1-3H3,(H,31,32)/b15-12-,20-6+,21-7+. The summed E-state index contributed by atoms with van der Waals surface area (Å²) in [5, 5.41) is 15.3. The zero-order valence-corrected chi connectivity index (χ0v) is 21.6. The second kappa shape index (κ2) is 12.7. The molecule has 0 atom stereocenters. The van der Waals surface area contributed by atoms with Crippen LogP contribution in [0.5, 0.6) is 5.75 Å². The van der Waals surface area contributed by atoms with Crippen molar-refractivity contribution < 1.29 is 19.5 Å². The van der Waals surface area contributed by atoms with Gasteiger partial charge in [-0.2, -0.15) is 0 Å². The van der Waals surface area contributed by atoms with E-state index in [4.69, 9.17) is 14.7 Å². The van der Waals surface area contributed by atoms with Gasteiger partial charge in [0.25, 0.3) is 0 Å². The summed E-state index contributed by atoms with van der Waals surface area (Å²) in [5.41, 5.74) is 4.31. The number of rotatable bonds is 11. The Bertz CT molecular complexity index is 1040. The van der Waals surface area contributed by atoms with E-state index in [1.54, 1.807) is 31.0 Å². The highest BCUT2D eigenvalue weighted by Crippen LogP contribution is 2.36. The van der Waals surface area contributed by atoms with Crippen molar-refractivity contribution in [2.45, 2.75) is 57.9 Å². The smallest absolute Gasteiger partial charge is 0.331 e. The number of likely N-dealkylation sites (tertiary alicyclic amines) is 1. The molecule has 0 aromatic heterocycles. The molecule has 7 nitrogen and oxygen atoms in total. The molecule has 35 heavy (non-hydrogen) atoms. The van der Waals surface area contributed by atoms with Gasteiger partial charge in [0, 0.05) is 62.0 Å². The van der Waals surface area contributed by atoms with Gasteiger partial charge in [0.15, 0.2) is 0 Å². The van der Waals surface area contributed by atoms with E-state index in [0.29, 0.717) is 12.2 Å². The number of thioether (sulfide) groups is 1. The Morgan fingerprint density at radius 3 is 2.80 bits per heavy atom. The third-order valence-electron chi connectivity index (χ3n) is 6.32. The lowest BCUT2D eigenvalue weighted by atomic mass is 9.85. The molecule has 0 saturated carbocycles. The molecule has 1 fully saturated rings. The molecule has 0 amide bonds. The number of ether oxygens (including phenoxy) is 1. The number of piperidine rings is 1. The maximum Gasteiger partial charge on any atom is 0.331 e. The van der Waals surface area contributed by atoms with E-state index in [2.05, 4.69) is 40.0 Å². The van der Waals surface area contributed by atoms with E-state index in [0.717, 1.165) is 61.7 Å². The van der Waals surface area contributed by atoms with Crippen LogP contribution in [0, 0.1) is 0 Å². The Hall–Kier alpha value is -2.84. The molecular formula is C27H35N3O4S. The van der Waals surface area contributed by atoms with Gasteiger partial charge >= 0.3 is 5.97 Å². The second-order valence-electron chi connectivity index (χ2n) is 8.92. The van der Waals surface area contributed by atoms with Gasteiger partial charge < -0.3 is 14.7 Å². The van der Waals surface area contributed by atoms with Gasteiger partial charge in [-0.3, -0.25) is 9.89 Å². The van der Waals surface area contributed by atoms with Gasteiger partial charge in [0.2, 0.25) is 0 Å². The van der Waals surface area contributed by atoms with Crippen LogP contribution in [0.25, 0.3) is 0 Å².